The van der Waals surface area contributed by atoms with Crippen LogP contribution < -0.4 is 10.1 Å². The number of hydrogen-bond donors (Lipinski definition) is 2. The number of piperidine rings is 1. The number of likely N-dealkylation sites (tertiary alicyclic amines) is 1. The van der Waals surface area contributed by atoms with Crippen LogP contribution in [0, 0.1) is 0 Å². The van der Waals surface area contributed by atoms with E-state index in [4.69, 9.17) is 21.9 Å². The van der Waals surface area contributed by atoms with Crippen LogP contribution in [0.25, 0.3) is 11.0 Å². The van der Waals surface area contributed by atoms with E-state index in [1.165, 1.54) is 0 Å². The molecule has 0 unspecified atom stereocenters. The fourth-order valence-corrected chi connectivity index (χ4v) is 3.74. The Morgan fingerprint density at radius 2 is 2.15 bits per heavy atom. The first-order chi connectivity index (χ1) is 12.7. The number of aromatic nitrogens is 2. The summed E-state index contributed by atoms with van der Waals surface area (Å²) in [5.74, 6) is 2.23. The Hall–Kier alpha value is -2.60. The summed E-state index contributed by atoms with van der Waals surface area (Å²) in [7, 11) is 1.67. The average molecular weight is 366 g/mol. The molecule has 0 saturated carbocycles. The highest BCUT2D eigenvalue weighted by atomic mass is 32.1. The van der Waals surface area contributed by atoms with Crippen molar-refractivity contribution in [2.24, 2.45) is 0 Å². The molecular formula is C20H22N4OS. The molecule has 1 aliphatic heterocycles. The van der Waals surface area contributed by atoms with Gasteiger partial charge < -0.3 is 19.9 Å². The van der Waals surface area contributed by atoms with Crippen LogP contribution in [0.15, 0.2) is 48.5 Å². The standard InChI is InChI=1S/C20H22N4OS/c1-25-16-8-4-7-15(12-16)21-20(26)24-11-5-6-14(13-24)19-22-17-9-2-3-10-18(17)23-19/h2-4,7-10,12,14H,5-6,11,13H2,1H3,(H,21,26)(H,22,23)/t14-/m0/s1. The topological polar surface area (TPSA) is 53.2 Å². The molecule has 0 spiro atoms. The monoisotopic (exact) mass is 366 g/mol. The van der Waals surface area contributed by atoms with Gasteiger partial charge in [-0.15, -0.1) is 0 Å². The highest BCUT2D eigenvalue weighted by Gasteiger charge is 2.25. The lowest BCUT2D eigenvalue weighted by Crippen LogP contribution is -2.41. The zero-order valence-corrected chi connectivity index (χ0v) is 15.6. The maximum absolute atomic E-state index is 5.65. The summed E-state index contributed by atoms with van der Waals surface area (Å²) in [6.07, 6.45) is 2.22. The molecule has 2 heterocycles. The third-order valence-electron chi connectivity index (χ3n) is 4.82. The minimum Gasteiger partial charge on any atom is -0.497 e. The molecule has 0 radical (unpaired) electrons. The molecule has 1 saturated heterocycles. The number of methoxy groups -OCH3 is 1. The average Bonchev–Trinajstić information content (AvgIpc) is 3.12. The van der Waals surface area contributed by atoms with Gasteiger partial charge in [-0.2, -0.15) is 0 Å². The van der Waals surface area contributed by atoms with Gasteiger partial charge in [-0.05, 0) is 49.3 Å². The Morgan fingerprint density at radius 1 is 1.27 bits per heavy atom. The van der Waals surface area contributed by atoms with Crippen LogP contribution >= 0.6 is 12.2 Å². The van der Waals surface area contributed by atoms with Crippen LogP contribution in [0.5, 0.6) is 5.75 Å². The number of benzene rings is 2. The molecule has 0 bridgehead atoms. The van der Waals surface area contributed by atoms with Gasteiger partial charge in [0.15, 0.2) is 5.11 Å². The molecular weight excluding hydrogens is 344 g/mol. The lowest BCUT2D eigenvalue weighted by atomic mass is 9.98. The van der Waals surface area contributed by atoms with Gasteiger partial charge >= 0.3 is 0 Å². The zero-order valence-electron chi connectivity index (χ0n) is 14.7. The smallest absolute Gasteiger partial charge is 0.173 e. The number of imidazole rings is 1. The zero-order chi connectivity index (χ0) is 17.9. The number of nitrogens with one attached hydrogen (secondary N) is 2. The third-order valence-corrected chi connectivity index (χ3v) is 5.18. The van der Waals surface area contributed by atoms with Gasteiger partial charge in [-0.1, -0.05) is 18.2 Å². The summed E-state index contributed by atoms with van der Waals surface area (Å²) >= 11 is 5.65. The first kappa shape index (κ1) is 16.8. The van der Waals surface area contributed by atoms with E-state index in [0.29, 0.717) is 5.92 Å². The Labute approximate surface area is 158 Å². The van der Waals surface area contributed by atoms with Gasteiger partial charge in [0.2, 0.25) is 0 Å². The number of anilines is 1. The molecule has 2 aromatic carbocycles. The largest absolute Gasteiger partial charge is 0.497 e. The van der Waals surface area contributed by atoms with E-state index in [9.17, 15) is 0 Å². The minimum atomic E-state index is 0.362. The maximum Gasteiger partial charge on any atom is 0.173 e. The minimum absolute atomic E-state index is 0.362. The molecule has 1 aliphatic rings. The Morgan fingerprint density at radius 3 is 3.00 bits per heavy atom. The molecule has 0 amide bonds. The molecule has 4 rings (SSSR count). The normalized spacial score (nSPS) is 17.3. The second-order valence-corrected chi connectivity index (χ2v) is 6.97. The summed E-state index contributed by atoms with van der Waals surface area (Å²) in [4.78, 5) is 10.5. The summed E-state index contributed by atoms with van der Waals surface area (Å²) in [5, 5.41) is 4.08. The number of fused-ring (bicyclic) bond motifs is 1. The van der Waals surface area contributed by atoms with E-state index in [-0.39, 0.29) is 0 Å². The van der Waals surface area contributed by atoms with E-state index in [2.05, 4.69) is 21.3 Å². The number of nitrogens with zero attached hydrogens (tertiary/aromatic N) is 2. The molecule has 3 aromatic rings. The molecule has 134 valence electrons. The van der Waals surface area contributed by atoms with Crippen LogP contribution in [0.2, 0.25) is 0 Å². The molecule has 2 N–H and O–H groups in total. The van der Waals surface area contributed by atoms with Crippen molar-refractivity contribution < 1.29 is 4.74 Å². The quantitative estimate of drug-likeness (QED) is 0.682. The lowest BCUT2D eigenvalue weighted by molar-refractivity contribution is 0.307. The predicted octanol–water partition coefficient (Wildman–Crippen LogP) is 4.15. The van der Waals surface area contributed by atoms with E-state index in [0.717, 1.165) is 59.3 Å². The maximum atomic E-state index is 5.65. The van der Waals surface area contributed by atoms with Crippen molar-refractivity contribution >= 4 is 34.1 Å². The van der Waals surface area contributed by atoms with Crippen LogP contribution in [-0.4, -0.2) is 40.2 Å². The van der Waals surface area contributed by atoms with Gasteiger partial charge in [0.05, 0.1) is 18.1 Å². The van der Waals surface area contributed by atoms with Crippen LogP contribution in [0.4, 0.5) is 5.69 Å². The van der Waals surface area contributed by atoms with Crippen molar-refractivity contribution in [3.8, 4) is 5.75 Å². The third kappa shape index (κ3) is 3.51. The van der Waals surface area contributed by atoms with Crippen molar-refractivity contribution in [1.82, 2.24) is 14.9 Å². The highest BCUT2D eigenvalue weighted by Crippen LogP contribution is 2.27. The van der Waals surface area contributed by atoms with E-state index in [1.54, 1.807) is 7.11 Å². The molecule has 0 aliphatic carbocycles. The molecule has 6 heteroatoms. The Bertz CT molecular complexity index is 890. The van der Waals surface area contributed by atoms with Crippen molar-refractivity contribution in [1.29, 1.82) is 0 Å². The number of para-hydroxylation sites is 2. The SMILES string of the molecule is COc1cccc(NC(=S)N2CCC[C@H](c3nc4ccccc4[nH]3)C2)c1. The summed E-state index contributed by atoms with van der Waals surface area (Å²) in [5.41, 5.74) is 3.06. The van der Waals surface area contributed by atoms with E-state index >= 15 is 0 Å². The number of H-pyrrole nitrogens is 1. The van der Waals surface area contributed by atoms with E-state index < -0.39 is 0 Å². The Balaban J connectivity index is 1.46. The molecule has 1 fully saturated rings. The fourth-order valence-electron chi connectivity index (χ4n) is 3.45. The second kappa shape index (κ2) is 7.33. The van der Waals surface area contributed by atoms with Crippen molar-refractivity contribution in [3.05, 3.63) is 54.4 Å². The molecule has 26 heavy (non-hydrogen) atoms. The van der Waals surface area contributed by atoms with Gasteiger partial charge in [0.1, 0.15) is 11.6 Å². The van der Waals surface area contributed by atoms with Crippen molar-refractivity contribution in [2.75, 3.05) is 25.5 Å². The number of hydrogen-bond acceptors (Lipinski definition) is 3. The lowest BCUT2D eigenvalue weighted by Gasteiger charge is -2.33. The van der Waals surface area contributed by atoms with Gasteiger partial charge in [-0.25, -0.2) is 4.98 Å². The van der Waals surface area contributed by atoms with Gasteiger partial charge in [-0.3, -0.25) is 0 Å². The van der Waals surface area contributed by atoms with Crippen LogP contribution in [0.3, 0.4) is 0 Å². The number of thiocarbonyl (C=S) groups is 1. The highest BCUT2D eigenvalue weighted by molar-refractivity contribution is 7.80. The van der Waals surface area contributed by atoms with Gasteiger partial charge in [0.25, 0.3) is 0 Å². The summed E-state index contributed by atoms with van der Waals surface area (Å²) in [6, 6.07) is 16.0. The summed E-state index contributed by atoms with van der Waals surface area (Å²) in [6.45, 7) is 1.84. The van der Waals surface area contributed by atoms with Crippen LogP contribution in [0.1, 0.15) is 24.6 Å². The van der Waals surface area contributed by atoms with Crippen molar-refractivity contribution in [2.45, 2.75) is 18.8 Å². The van der Waals surface area contributed by atoms with Gasteiger partial charge in [0, 0.05) is 30.8 Å². The summed E-state index contributed by atoms with van der Waals surface area (Å²) < 4.78 is 5.28. The van der Waals surface area contributed by atoms with E-state index in [1.807, 2.05) is 42.5 Å². The van der Waals surface area contributed by atoms with Crippen molar-refractivity contribution in [3.63, 3.8) is 0 Å². The molecule has 5 nitrogen and oxygen atoms in total. The first-order valence-corrected chi connectivity index (χ1v) is 9.28. The predicted molar refractivity (Wildman–Crippen MR) is 109 cm³/mol. The fraction of sp³-hybridized carbons (Fsp3) is 0.300. The number of ether oxygens (including phenoxy) is 1. The second-order valence-electron chi connectivity index (χ2n) is 6.59. The number of aromatic amines is 1. The van der Waals surface area contributed by atoms with Crippen LogP contribution in [-0.2, 0) is 0 Å². The Kier molecular flexibility index (Phi) is 4.75. The molecule has 1 atom stereocenters. The number of rotatable bonds is 3. The first-order valence-electron chi connectivity index (χ1n) is 8.87. The molecule has 1 aromatic heterocycles.